The molecule has 23 heavy (non-hydrogen) atoms. The molecule has 0 heterocycles. The maximum atomic E-state index is 11.2. The zero-order valence-electron chi connectivity index (χ0n) is 13.1. The Morgan fingerprint density at radius 3 is 2.52 bits per heavy atom. The lowest BCUT2D eigenvalue weighted by molar-refractivity contribution is -0.134. The first-order valence-corrected chi connectivity index (χ1v) is 7.69. The van der Waals surface area contributed by atoms with Crippen LogP contribution in [-0.2, 0) is 9.59 Å². The Kier molecular flexibility index (Phi) is 7.08. The number of ether oxygens (including phenoxy) is 2. The molecule has 7 heteroatoms. The van der Waals surface area contributed by atoms with Crippen molar-refractivity contribution in [1.29, 1.82) is 0 Å². The van der Waals surface area contributed by atoms with E-state index in [4.69, 9.17) is 14.6 Å². The van der Waals surface area contributed by atoms with Crippen molar-refractivity contribution in [2.75, 3.05) is 13.7 Å². The van der Waals surface area contributed by atoms with E-state index < -0.39 is 11.9 Å². The summed E-state index contributed by atoms with van der Waals surface area (Å²) in [6, 6.07) is 3.38. The molecular formula is C16H18INO5. The summed E-state index contributed by atoms with van der Waals surface area (Å²) in [5, 5.41) is 11.4. The van der Waals surface area contributed by atoms with Gasteiger partial charge in [-0.1, -0.05) is 6.58 Å². The lowest BCUT2D eigenvalue weighted by atomic mass is 10.1. The molecule has 124 valence electrons. The first kappa shape index (κ1) is 19.0. The second kappa shape index (κ2) is 8.56. The molecule has 0 aliphatic carbocycles. The maximum Gasteiger partial charge on any atom is 0.352 e. The fourth-order valence-electron chi connectivity index (χ4n) is 1.67. The third-order valence-electron chi connectivity index (χ3n) is 2.57. The van der Waals surface area contributed by atoms with Crippen molar-refractivity contribution < 1.29 is 24.2 Å². The molecule has 1 aromatic rings. The number of carbonyl (C=O) groups excluding carboxylic acids is 1. The molecule has 1 aromatic carbocycles. The van der Waals surface area contributed by atoms with E-state index in [2.05, 4.69) is 34.5 Å². The van der Waals surface area contributed by atoms with Crippen LogP contribution in [0.1, 0.15) is 19.4 Å². The minimum absolute atomic E-state index is 0.217. The number of carboxylic acids is 1. The summed E-state index contributed by atoms with van der Waals surface area (Å²) in [6.07, 6.45) is 1.36. The molecule has 0 unspecified atom stereocenters. The number of hydrogen-bond acceptors (Lipinski definition) is 4. The standard InChI is InChI=1S/C16H18INO5/c1-9(2)8-23-15-12(17)5-11(7-14(15)22-4)6-13(16(20)21)18-10(3)19/h5-7H,1,8H2,2-4H3,(H,18,19)(H,20,21). The quantitative estimate of drug-likeness (QED) is 0.394. The highest BCUT2D eigenvalue weighted by Crippen LogP contribution is 2.34. The van der Waals surface area contributed by atoms with Crippen LogP contribution in [0.4, 0.5) is 0 Å². The first-order chi connectivity index (χ1) is 10.7. The number of rotatable bonds is 7. The van der Waals surface area contributed by atoms with E-state index in [1.807, 2.05) is 6.92 Å². The van der Waals surface area contributed by atoms with Gasteiger partial charge in [0.15, 0.2) is 11.5 Å². The maximum absolute atomic E-state index is 11.2. The van der Waals surface area contributed by atoms with Crippen molar-refractivity contribution in [3.8, 4) is 11.5 Å². The van der Waals surface area contributed by atoms with Crippen LogP contribution in [0.15, 0.2) is 30.0 Å². The van der Waals surface area contributed by atoms with E-state index in [1.54, 1.807) is 12.1 Å². The number of methoxy groups -OCH3 is 1. The summed E-state index contributed by atoms with van der Waals surface area (Å²) >= 11 is 2.07. The summed E-state index contributed by atoms with van der Waals surface area (Å²) < 4.78 is 11.7. The van der Waals surface area contributed by atoms with Gasteiger partial charge in [0.25, 0.3) is 0 Å². The molecule has 0 aliphatic rings. The fourth-order valence-corrected chi connectivity index (χ4v) is 2.45. The summed E-state index contributed by atoms with van der Waals surface area (Å²) in [7, 11) is 1.50. The van der Waals surface area contributed by atoms with Gasteiger partial charge in [-0.15, -0.1) is 0 Å². The van der Waals surface area contributed by atoms with Gasteiger partial charge in [0, 0.05) is 6.92 Å². The fraction of sp³-hybridized carbons (Fsp3) is 0.250. The van der Waals surface area contributed by atoms with Crippen molar-refractivity contribution in [2.24, 2.45) is 0 Å². The zero-order valence-corrected chi connectivity index (χ0v) is 15.3. The molecule has 0 aromatic heterocycles. The third kappa shape index (κ3) is 5.93. The van der Waals surface area contributed by atoms with Crippen LogP contribution in [0.25, 0.3) is 6.08 Å². The molecule has 2 N–H and O–H groups in total. The lowest BCUT2D eigenvalue weighted by Crippen LogP contribution is -2.24. The minimum atomic E-state index is -1.23. The molecule has 6 nitrogen and oxygen atoms in total. The van der Waals surface area contributed by atoms with Gasteiger partial charge in [-0.25, -0.2) is 4.79 Å². The second-order valence-electron chi connectivity index (χ2n) is 4.82. The lowest BCUT2D eigenvalue weighted by Gasteiger charge is -2.14. The number of halogens is 1. The molecule has 0 atom stereocenters. The van der Waals surface area contributed by atoms with Crippen molar-refractivity contribution in [3.63, 3.8) is 0 Å². The summed E-state index contributed by atoms with van der Waals surface area (Å²) in [4.78, 5) is 22.2. The Balaban J connectivity index is 3.23. The zero-order chi connectivity index (χ0) is 17.6. The number of hydrogen-bond donors (Lipinski definition) is 2. The van der Waals surface area contributed by atoms with E-state index in [9.17, 15) is 9.59 Å². The normalized spacial score (nSPS) is 10.9. The van der Waals surface area contributed by atoms with E-state index >= 15 is 0 Å². The van der Waals surface area contributed by atoms with Gasteiger partial charge in [0.2, 0.25) is 5.91 Å². The molecule has 0 saturated heterocycles. The predicted octanol–water partition coefficient (Wildman–Crippen LogP) is 2.82. The summed E-state index contributed by atoms with van der Waals surface area (Å²) in [5.41, 5.74) is 1.22. The average molecular weight is 431 g/mol. The van der Waals surface area contributed by atoms with Gasteiger partial charge in [-0.3, -0.25) is 4.79 Å². The molecule has 0 aliphatic heterocycles. The minimum Gasteiger partial charge on any atom is -0.493 e. The second-order valence-corrected chi connectivity index (χ2v) is 5.99. The largest absolute Gasteiger partial charge is 0.493 e. The Bertz CT molecular complexity index is 667. The molecule has 0 spiro atoms. The van der Waals surface area contributed by atoms with E-state index in [0.29, 0.717) is 23.7 Å². The van der Waals surface area contributed by atoms with Crippen LogP contribution >= 0.6 is 22.6 Å². The number of benzene rings is 1. The van der Waals surface area contributed by atoms with Crippen molar-refractivity contribution >= 4 is 40.5 Å². The van der Waals surface area contributed by atoms with Crippen LogP contribution < -0.4 is 14.8 Å². The Labute approximate surface area is 148 Å². The SMILES string of the molecule is C=C(C)COc1c(I)cc(C=C(NC(C)=O)C(=O)O)cc1OC. The number of nitrogens with one attached hydrogen (secondary N) is 1. The van der Waals surface area contributed by atoms with Gasteiger partial charge in [0.05, 0.1) is 10.7 Å². The Morgan fingerprint density at radius 1 is 1.39 bits per heavy atom. The van der Waals surface area contributed by atoms with Crippen LogP contribution in [0.2, 0.25) is 0 Å². The molecule has 0 saturated carbocycles. The van der Waals surface area contributed by atoms with Crippen LogP contribution in [0, 0.1) is 3.57 Å². The predicted molar refractivity (Wildman–Crippen MR) is 95.4 cm³/mol. The molecule has 0 fully saturated rings. The molecule has 1 rings (SSSR count). The smallest absolute Gasteiger partial charge is 0.352 e. The van der Waals surface area contributed by atoms with Crippen molar-refractivity contribution in [3.05, 3.63) is 39.1 Å². The van der Waals surface area contributed by atoms with Gasteiger partial charge in [-0.05, 0) is 58.9 Å². The van der Waals surface area contributed by atoms with Gasteiger partial charge < -0.3 is 19.9 Å². The topological polar surface area (TPSA) is 84.9 Å². The van der Waals surface area contributed by atoms with Gasteiger partial charge >= 0.3 is 5.97 Å². The molecule has 0 radical (unpaired) electrons. The van der Waals surface area contributed by atoms with Crippen LogP contribution in [0.5, 0.6) is 11.5 Å². The number of carbonyl (C=O) groups is 2. The van der Waals surface area contributed by atoms with E-state index in [1.165, 1.54) is 20.1 Å². The number of amides is 1. The summed E-state index contributed by atoms with van der Waals surface area (Å²) in [6.45, 7) is 7.23. The highest BCUT2D eigenvalue weighted by molar-refractivity contribution is 14.1. The van der Waals surface area contributed by atoms with Crippen molar-refractivity contribution in [1.82, 2.24) is 5.32 Å². The van der Waals surface area contributed by atoms with Crippen LogP contribution in [-0.4, -0.2) is 30.7 Å². The molecular weight excluding hydrogens is 413 g/mol. The first-order valence-electron chi connectivity index (χ1n) is 6.62. The highest BCUT2D eigenvalue weighted by atomic mass is 127. The van der Waals surface area contributed by atoms with E-state index in [-0.39, 0.29) is 5.70 Å². The average Bonchev–Trinajstić information content (AvgIpc) is 2.44. The third-order valence-corrected chi connectivity index (χ3v) is 3.37. The van der Waals surface area contributed by atoms with E-state index in [0.717, 1.165) is 9.14 Å². The molecule has 1 amide bonds. The Hall–Kier alpha value is -2.03. The van der Waals surface area contributed by atoms with Crippen molar-refractivity contribution in [2.45, 2.75) is 13.8 Å². The summed E-state index contributed by atoms with van der Waals surface area (Å²) in [5.74, 6) is -0.653. The number of carboxylic acid groups (broad SMARTS) is 1. The van der Waals surface area contributed by atoms with Crippen LogP contribution in [0.3, 0.4) is 0 Å². The van der Waals surface area contributed by atoms with Gasteiger partial charge in [0.1, 0.15) is 12.3 Å². The van der Waals surface area contributed by atoms with Gasteiger partial charge in [-0.2, -0.15) is 0 Å². The monoisotopic (exact) mass is 431 g/mol. The Morgan fingerprint density at radius 2 is 2.04 bits per heavy atom. The number of aliphatic carboxylic acids is 1. The highest BCUT2D eigenvalue weighted by Gasteiger charge is 2.14. The molecule has 0 bridgehead atoms.